The quantitative estimate of drug-likeness (QED) is 0.634. The third-order valence-electron chi connectivity index (χ3n) is 2.06. The van der Waals surface area contributed by atoms with Crippen LogP contribution in [-0.2, 0) is 4.74 Å². The van der Waals surface area contributed by atoms with Gasteiger partial charge >= 0.3 is 0 Å². The van der Waals surface area contributed by atoms with E-state index >= 15 is 0 Å². The summed E-state index contributed by atoms with van der Waals surface area (Å²) in [5, 5.41) is 0. The van der Waals surface area contributed by atoms with Gasteiger partial charge in [-0.05, 0) is 12.8 Å². The molecule has 1 rings (SSSR count). The smallest absolute Gasteiger partial charge is 0.0722 e. The van der Waals surface area contributed by atoms with E-state index in [-0.39, 0.29) is 0 Å². The second-order valence-corrected chi connectivity index (χ2v) is 2.72. The maximum Gasteiger partial charge on any atom is 0.0722 e. The van der Waals surface area contributed by atoms with E-state index in [0.29, 0.717) is 12.1 Å². The Labute approximate surface area is 70.1 Å². The summed E-state index contributed by atoms with van der Waals surface area (Å²) in [4.78, 5) is 0. The molecule has 2 nitrogen and oxygen atoms in total. The third kappa shape index (κ3) is 3.73. The van der Waals surface area contributed by atoms with E-state index in [2.05, 4.69) is 0 Å². The van der Waals surface area contributed by atoms with Crippen LogP contribution in [0.4, 0.5) is 0 Å². The Balaban J connectivity index is 0.000000461. The van der Waals surface area contributed by atoms with E-state index in [9.17, 15) is 0 Å². The maximum atomic E-state index is 5.76. The molecule has 0 aromatic heterocycles. The Morgan fingerprint density at radius 2 is 1.73 bits per heavy atom. The molecule has 0 spiro atoms. The van der Waals surface area contributed by atoms with Crippen molar-refractivity contribution in [1.29, 1.82) is 0 Å². The average Bonchev–Trinajstić information content (AvgIpc) is 2.09. The largest absolute Gasteiger partial charge is 0.380 e. The van der Waals surface area contributed by atoms with Gasteiger partial charge in [-0.15, -0.1) is 0 Å². The zero-order valence-corrected chi connectivity index (χ0v) is 7.97. The fourth-order valence-electron chi connectivity index (χ4n) is 1.42. The van der Waals surface area contributed by atoms with E-state index in [1.54, 1.807) is 7.11 Å². The summed E-state index contributed by atoms with van der Waals surface area (Å²) in [6, 6.07) is 0.295. The Morgan fingerprint density at radius 1 is 1.18 bits per heavy atom. The van der Waals surface area contributed by atoms with Crippen molar-refractivity contribution in [2.75, 3.05) is 7.11 Å². The highest BCUT2D eigenvalue weighted by Gasteiger charge is 2.20. The van der Waals surface area contributed by atoms with Crippen molar-refractivity contribution >= 4 is 0 Å². The predicted octanol–water partition coefficient (Wildman–Crippen LogP) is 1.93. The first kappa shape index (κ1) is 10.9. The molecule has 1 aliphatic carbocycles. The van der Waals surface area contributed by atoms with Gasteiger partial charge in [0.05, 0.1) is 6.10 Å². The first-order valence-corrected chi connectivity index (χ1v) is 4.63. The van der Waals surface area contributed by atoms with Crippen LogP contribution in [-0.4, -0.2) is 19.3 Å². The monoisotopic (exact) mass is 159 g/mol. The maximum absolute atomic E-state index is 5.76. The van der Waals surface area contributed by atoms with Crippen LogP contribution in [0, 0.1) is 0 Å². The third-order valence-corrected chi connectivity index (χ3v) is 2.06. The second kappa shape index (κ2) is 6.62. The molecule has 0 bridgehead atoms. The molecule has 0 aromatic carbocycles. The molecule has 2 heteroatoms. The zero-order valence-electron chi connectivity index (χ0n) is 7.97. The van der Waals surface area contributed by atoms with Crippen LogP contribution in [0.1, 0.15) is 39.5 Å². The van der Waals surface area contributed by atoms with Gasteiger partial charge in [-0.1, -0.05) is 26.7 Å². The Bertz CT molecular complexity index is 85.6. The summed E-state index contributed by atoms with van der Waals surface area (Å²) in [6.45, 7) is 4.00. The minimum absolute atomic E-state index is 0.295. The summed E-state index contributed by atoms with van der Waals surface area (Å²) in [5.74, 6) is 0. The van der Waals surface area contributed by atoms with Crippen LogP contribution < -0.4 is 5.73 Å². The van der Waals surface area contributed by atoms with Crippen molar-refractivity contribution in [2.45, 2.75) is 51.7 Å². The van der Waals surface area contributed by atoms with Crippen molar-refractivity contribution in [3.05, 3.63) is 0 Å². The molecule has 0 aliphatic heterocycles. The highest BCUT2D eigenvalue weighted by atomic mass is 16.5. The first-order chi connectivity index (χ1) is 5.34. The molecular weight excluding hydrogens is 138 g/mol. The summed E-state index contributed by atoms with van der Waals surface area (Å²) >= 11 is 0. The Kier molecular flexibility index (Phi) is 6.57. The molecule has 2 atom stereocenters. The molecule has 11 heavy (non-hydrogen) atoms. The lowest BCUT2D eigenvalue weighted by molar-refractivity contribution is 0.0545. The van der Waals surface area contributed by atoms with Gasteiger partial charge in [-0.2, -0.15) is 0 Å². The van der Waals surface area contributed by atoms with Gasteiger partial charge in [0.2, 0.25) is 0 Å². The fraction of sp³-hybridized carbons (Fsp3) is 1.00. The van der Waals surface area contributed by atoms with E-state index in [1.807, 2.05) is 13.8 Å². The molecule has 0 amide bonds. The van der Waals surface area contributed by atoms with E-state index < -0.39 is 0 Å². The normalized spacial score (nSPS) is 30.5. The summed E-state index contributed by atoms with van der Waals surface area (Å²) < 4.78 is 5.18. The summed E-state index contributed by atoms with van der Waals surface area (Å²) in [5.41, 5.74) is 5.76. The van der Waals surface area contributed by atoms with Crippen molar-refractivity contribution in [1.82, 2.24) is 0 Å². The van der Waals surface area contributed by atoms with Gasteiger partial charge in [0.1, 0.15) is 0 Å². The summed E-state index contributed by atoms with van der Waals surface area (Å²) in [7, 11) is 1.75. The SMILES string of the molecule is CC.COC1CCCCC1N. The van der Waals surface area contributed by atoms with Gasteiger partial charge in [0.25, 0.3) is 0 Å². The molecule has 68 valence electrons. The minimum Gasteiger partial charge on any atom is -0.380 e. The molecule has 1 saturated carbocycles. The standard InChI is InChI=1S/C7H15NO.C2H6/c1-9-7-5-3-2-4-6(7)8;1-2/h6-7H,2-5,8H2,1H3;1-2H3. The van der Waals surface area contributed by atoms with Crippen molar-refractivity contribution in [2.24, 2.45) is 5.73 Å². The lowest BCUT2D eigenvalue weighted by Crippen LogP contribution is -2.38. The highest BCUT2D eigenvalue weighted by molar-refractivity contribution is 4.77. The van der Waals surface area contributed by atoms with E-state index in [4.69, 9.17) is 10.5 Å². The van der Waals surface area contributed by atoms with Gasteiger partial charge in [-0.25, -0.2) is 0 Å². The molecule has 2 N–H and O–H groups in total. The lowest BCUT2D eigenvalue weighted by atomic mass is 9.93. The molecule has 0 aromatic rings. The second-order valence-electron chi connectivity index (χ2n) is 2.72. The summed E-state index contributed by atoms with van der Waals surface area (Å²) in [6.07, 6.45) is 5.18. The number of methoxy groups -OCH3 is 1. The number of rotatable bonds is 1. The number of hydrogen-bond acceptors (Lipinski definition) is 2. The molecular formula is C9H21NO. The first-order valence-electron chi connectivity index (χ1n) is 4.63. The number of ether oxygens (including phenoxy) is 1. The van der Waals surface area contributed by atoms with Gasteiger partial charge in [0, 0.05) is 13.2 Å². The van der Waals surface area contributed by atoms with Crippen LogP contribution >= 0.6 is 0 Å². The van der Waals surface area contributed by atoms with Gasteiger partial charge < -0.3 is 10.5 Å². The number of nitrogens with two attached hydrogens (primary N) is 1. The lowest BCUT2D eigenvalue weighted by Gasteiger charge is -2.26. The predicted molar refractivity (Wildman–Crippen MR) is 48.6 cm³/mol. The molecule has 1 aliphatic rings. The van der Waals surface area contributed by atoms with Gasteiger partial charge in [-0.3, -0.25) is 0 Å². The fourth-order valence-corrected chi connectivity index (χ4v) is 1.42. The van der Waals surface area contributed by atoms with Gasteiger partial charge in [0.15, 0.2) is 0 Å². The molecule has 1 fully saturated rings. The molecule has 0 saturated heterocycles. The van der Waals surface area contributed by atoms with Crippen LogP contribution in [0.3, 0.4) is 0 Å². The topological polar surface area (TPSA) is 35.2 Å². The van der Waals surface area contributed by atoms with Crippen LogP contribution in [0.15, 0.2) is 0 Å². The highest BCUT2D eigenvalue weighted by Crippen LogP contribution is 2.18. The van der Waals surface area contributed by atoms with Crippen LogP contribution in [0.5, 0.6) is 0 Å². The molecule has 0 heterocycles. The zero-order chi connectivity index (χ0) is 8.69. The Morgan fingerprint density at radius 3 is 2.09 bits per heavy atom. The van der Waals surface area contributed by atoms with Crippen LogP contribution in [0.2, 0.25) is 0 Å². The number of hydrogen-bond donors (Lipinski definition) is 1. The van der Waals surface area contributed by atoms with E-state index in [1.165, 1.54) is 12.8 Å². The van der Waals surface area contributed by atoms with Crippen molar-refractivity contribution < 1.29 is 4.74 Å². The van der Waals surface area contributed by atoms with Crippen molar-refractivity contribution in [3.8, 4) is 0 Å². The van der Waals surface area contributed by atoms with Crippen molar-refractivity contribution in [3.63, 3.8) is 0 Å². The minimum atomic E-state index is 0.295. The molecule has 2 unspecified atom stereocenters. The van der Waals surface area contributed by atoms with Crippen LogP contribution in [0.25, 0.3) is 0 Å². The molecule has 0 radical (unpaired) electrons. The van der Waals surface area contributed by atoms with E-state index in [0.717, 1.165) is 12.8 Å². The Hall–Kier alpha value is -0.0800. The average molecular weight is 159 g/mol.